The number of rotatable bonds is 2. The van der Waals surface area contributed by atoms with Gasteiger partial charge in [0.1, 0.15) is 0 Å². The first-order chi connectivity index (χ1) is 8.91. The number of nitrogens with zero attached hydrogens (tertiary/aromatic N) is 3. The predicted molar refractivity (Wildman–Crippen MR) is 80.7 cm³/mol. The summed E-state index contributed by atoms with van der Waals surface area (Å²) in [5.74, 6) is 0. The van der Waals surface area contributed by atoms with Gasteiger partial charge in [-0.3, -0.25) is 9.80 Å². The van der Waals surface area contributed by atoms with Gasteiger partial charge in [0.25, 0.3) is 0 Å². The topological polar surface area (TPSA) is 9.72 Å². The maximum atomic E-state index is 5.01. The zero-order valence-electron chi connectivity index (χ0n) is 12.7. The Morgan fingerprint density at radius 1 is 0.684 bits per heavy atom. The molecule has 4 aliphatic rings. The second-order valence-electron chi connectivity index (χ2n) is 7.69. The molecular weight excluding hydrogens is 254 g/mol. The molecule has 4 fully saturated rings. The largest absolute Gasteiger partial charge is 0.263 e. The smallest absolute Gasteiger partial charge is 0.0870 e. The molecule has 1 saturated heterocycles. The van der Waals surface area contributed by atoms with Crippen LogP contribution in [0.3, 0.4) is 0 Å². The van der Waals surface area contributed by atoms with Crippen LogP contribution in [0.1, 0.15) is 66.2 Å². The molecule has 0 aromatic rings. The van der Waals surface area contributed by atoms with E-state index in [0.717, 1.165) is 0 Å². The van der Waals surface area contributed by atoms with E-state index in [1.54, 1.807) is 0 Å². The van der Waals surface area contributed by atoms with Crippen LogP contribution in [0, 0.1) is 0 Å². The van der Waals surface area contributed by atoms with Crippen LogP contribution in [-0.2, 0) is 0 Å². The van der Waals surface area contributed by atoms with Crippen LogP contribution in [-0.4, -0.2) is 43.2 Å². The second-order valence-corrected chi connectivity index (χ2v) is 8.09. The molecular formula is C15H27N3S. The van der Waals surface area contributed by atoms with Crippen LogP contribution in [0.15, 0.2) is 0 Å². The van der Waals surface area contributed by atoms with E-state index in [1.165, 1.54) is 38.5 Å². The fourth-order valence-electron chi connectivity index (χ4n) is 5.13. The lowest BCUT2D eigenvalue weighted by atomic mass is 10.1. The first-order valence-electron chi connectivity index (χ1n) is 7.99. The molecule has 19 heavy (non-hydrogen) atoms. The van der Waals surface area contributed by atoms with Crippen LogP contribution in [0.2, 0.25) is 0 Å². The van der Waals surface area contributed by atoms with Crippen molar-refractivity contribution in [3.8, 4) is 0 Å². The summed E-state index contributed by atoms with van der Waals surface area (Å²) in [6.07, 6.45) is 7.95. The van der Waals surface area contributed by atoms with Gasteiger partial charge in [0, 0.05) is 12.1 Å². The van der Waals surface area contributed by atoms with E-state index in [-0.39, 0.29) is 11.3 Å². The minimum atomic E-state index is 0.273. The summed E-state index contributed by atoms with van der Waals surface area (Å²) in [5.41, 5.74) is 0.903. The van der Waals surface area contributed by atoms with E-state index in [0.29, 0.717) is 17.7 Å². The predicted octanol–water partition coefficient (Wildman–Crippen LogP) is 3.04. The summed E-state index contributed by atoms with van der Waals surface area (Å²) in [6, 6.07) is 1.22. The van der Waals surface area contributed by atoms with Crippen LogP contribution in [0.5, 0.6) is 0 Å². The van der Waals surface area contributed by atoms with Crippen molar-refractivity contribution in [2.75, 3.05) is 0 Å². The quantitative estimate of drug-likeness (QED) is 0.780. The van der Waals surface area contributed by atoms with E-state index in [2.05, 4.69) is 41.8 Å². The van der Waals surface area contributed by atoms with Gasteiger partial charge in [-0.2, -0.15) is 0 Å². The molecule has 0 radical (unpaired) electrons. The molecule has 0 amide bonds. The van der Waals surface area contributed by atoms with Crippen LogP contribution in [0.4, 0.5) is 0 Å². The Kier molecular flexibility index (Phi) is 2.39. The van der Waals surface area contributed by atoms with Gasteiger partial charge >= 0.3 is 0 Å². The molecule has 4 heteroatoms. The Hall–Kier alpha value is 0.230. The van der Waals surface area contributed by atoms with Crippen molar-refractivity contribution >= 4 is 12.8 Å². The molecule has 0 N–H and O–H groups in total. The zero-order valence-corrected chi connectivity index (χ0v) is 13.6. The van der Waals surface area contributed by atoms with Gasteiger partial charge in [-0.25, -0.2) is 4.31 Å². The molecule has 108 valence electrons. The lowest BCUT2D eigenvalue weighted by Crippen LogP contribution is -2.75. The standard InChI is InChI=1S/C15H27N3S/c1-11(2)16-13(5-6-13)17(12(3)4)15(9-10-15)18(19)14(16)7-8-14/h11-12,19H,5-10H2,1-4H3. The van der Waals surface area contributed by atoms with Crippen molar-refractivity contribution in [2.24, 2.45) is 0 Å². The molecule has 0 unspecified atom stereocenters. The molecule has 3 saturated carbocycles. The normalized spacial score (nSPS) is 34.9. The van der Waals surface area contributed by atoms with Gasteiger partial charge in [-0.15, -0.1) is 0 Å². The highest BCUT2D eigenvalue weighted by molar-refractivity contribution is 7.77. The fraction of sp³-hybridized carbons (Fsp3) is 1.00. The molecule has 0 bridgehead atoms. The summed E-state index contributed by atoms with van der Waals surface area (Å²) in [4.78, 5) is 5.63. The fourth-order valence-corrected chi connectivity index (χ4v) is 5.72. The summed E-state index contributed by atoms with van der Waals surface area (Å²) < 4.78 is 2.46. The van der Waals surface area contributed by atoms with Gasteiger partial charge in [0.05, 0.1) is 17.0 Å². The summed E-state index contributed by atoms with van der Waals surface area (Å²) >= 11 is 5.01. The average molecular weight is 281 g/mol. The zero-order chi connectivity index (χ0) is 13.6. The van der Waals surface area contributed by atoms with Crippen molar-refractivity contribution in [1.82, 2.24) is 14.1 Å². The third-order valence-electron chi connectivity index (χ3n) is 5.71. The molecule has 1 aliphatic heterocycles. The van der Waals surface area contributed by atoms with Crippen molar-refractivity contribution in [3.63, 3.8) is 0 Å². The number of hydrogen-bond acceptors (Lipinski definition) is 4. The monoisotopic (exact) mass is 281 g/mol. The van der Waals surface area contributed by atoms with E-state index < -0.39 is 0 Å². The Balaban J connectivity index is 1.82. The lowest BCUT2D eigenvalue weighted by molar-refractivity contribution is -0.197. The van der Waals surface area contributed by atoms with Crippen LogP contribution < -0.4 is 0 Å². The molecule has 4 rings (SSSR count). The van der Waals surface area contributed by atoms with Gasteiger partial charge in [0.2, 0.25) is 0 Å². The highest BCUT2D eigenvalue weighted by atomic mass is 32.1. The molecule has 0 aromatic heterocycles. The Bertz CT molecular complexity index is 374. The highest BCUT2D eigenvalue weighted by Crippen LogP contribution is 2.69. The first kappa shape index (κ1) is 12.9. The first-order valence-corrected chi connectivity index (χ1v) is 8.39. The molecule has 0 aromatic carbocycles. The van der Waals surface area contributed by atoms with E-state index in [1.807, 2.05) is 0 Å². The third-order valence-corrected chi connectivity index (χ3v) is 6.45. The third kappa shape index (κ3) is 1.37. The molecule has 3 aliphatic carbocycles. The maximum absolute atomic E-state index is 5.01. The van der Waals surface area contributed by atoms with E-state index >= 15 is 0 Å². The maximum Gasteiger partial charge on any atom is 0.0870 e. The van der Waals surface area contributed by atoms with Crippen molar-refractivity contribution in [3.05, 3.63) is 0 Å². The molecule has 1 heterocycles. The van der Waals surface area contributed by atoms with Gasteiger partial charge < -0.3 is 0 Å². The van der Waals surface area contributed by atoms with Crippen LogP contribution in [0.25, 0.3) is 0 Å². The summed E-state index contributed by atoms with van der Waals surface area (Å²) in [5, 5.41) is 0. The average Bonchev–Trinajstić information content (AvgIpc) is 3.15. The van der Waals surface area contributed by atoms with Gasteiger partial charge in [-0.1, -0.05) is 12.8 Å². The van der Waals surface area contributed by atoms with Crippen molar-refractivity contribution in [2.45, 2.75) is 95.3 Å². The summed E-state index contributed by atoms with van der Waals surface area (Å²) in [6.45, 7) is 9.46. The second kappa shape index (κ2) is 3.52. The lowest BCUT2D eigenvalue weighted by Gasteiger charge is -2.61. The Labute approximate surface area is 122 Å². The molecule has 3 spiro atoms. The SMILES string of the molecule is CC(C)N1C2(CC2)N(S)C2(CC2)N(C(C)C)C12CC2. The summed E-state index contributed by atoms with van der Waals surface area (Å²) in [7, 11) is 0. The Morgan fingerprint density at radius 2 is 1.00 bits per heavy atom. The Morgan fingerprint density at radius 3 is 1.21 bits per heavy atom. The van der Waals surface area contributed by atoms with Gasteiger partial charge in [0.15, 0.2) is 0 Å². The highest BCUT2D eigenvalue weighted by Gasteiger charge is 2.78. The van der Waals surface area contributed by atoms with Crippen LogP contribution >= 0.6 is 12.8 Å². The number of thiol groups is 1. The number of hydrogen-bond donors (Lipinski definition) is 1. The van der Waals surface area contributed by atoms with Crippen molar-refractivity contribution < 1.29 is 0 Å². The molecule has 0 atom stereocenters. The minimum Gasteiger partial charge on any atom is -0.263 e. The van der Waals surface area contributed by atoms with Gasteiger partial charge in [-0.05, 0) is 66.2 Å². The van der Waals surface area contributed by atoms with E-state index in [4.69, 9.17) is 12.8 Å². The minimum absolute atomic E-state index is 0.273. The van der Waals surface area contributed by atoms with Crippen molar-refractivity contribution in [1.29, 1.82) is 0 Å². The van der Waals surface area contributed by atoms with E-state index in [9.17, 15) is 0 Å². The molecule has 3 nitrogen and oxygen atoms in total.